The predicted octanol–water partition coefficient (Wildman–Crippen LogP) is 4.88. The van der Waals surface area contributed by atoms with E-state index in [4.69, 9.17) is 4.74 Å². The van der Waals surface area contributed by atoms with Crippen molar-refractivity contribution in [2.24, 2.45) is 0 Å². The number of ether oxygens (including phenoxy) is 1. The van der Waals surface area contributed by atoms with Crippen LogP contribution in [0.5, 0.6) is 5.75 Å². The van der Waals surface area contributed by atoms with E-state index in [1.54, 1.807) is 13.3 Å². The van der Waals surface area contributed by atoms with Gasteiger partial charge in [-0.2, -0.15) is 5.10 Å². The maximum atomic E-state index is 12.4. The first-order valence-electron chi connectivity index (χ1n) is 9.62. The van der Waals surface area contributed by atoms with Gasteiger partial charge in [-0.25, -0.2) is 9.67 Å². The minimum atomic E-state index is -0.0698. The van der Waals surface area contributed by atoms with Crippen molar-refractivity contribution in [3.8, 4) is 22.7 Å². The van der Waals surface area contributed by atoms with Crippen molar-refractivity contribution in [2.75, 3.05) is 12.4 Å². The summed E-state index contributed by atoms with van der Waals surface area (Å²) in [6.45, 7) is 2.03. The fourth-order valence-corrected chi connectivity index (χ4v) is 3.85. The number of aryl methyl sites for hydroxylation is 2. The molecule has 2 heterocycles. The van der Waals surface area contributed by atoms with Crippen molar-refractivity contribution in [3.05, 3.63) is 77.4 Å². The Morgan fingerprint density at radius 2 is 2.03 bits per heavy atom. The van der Waals surface area contributed by atoms with Gasteiger partial charge >= 0.3 is 0 Å². The van der Waals surface area contributed by atoms with Crippen molar-refractivity contribution in [1.82, 2.24) is 14.8 Å². The number of aromatic nitrogens is 3. The second kappa shape index (κ2) is 8.92. The SMILES string of the molecule is COc1ccc(C)cc1-c1csc(NC(=O)CCc2cnn(-c3ccccc3)c2)n1. The summed E-state index contributed by atoms with van der Waals surface area (Å²) in [6, 6.07) is 15.9. The molecule has 152 valence electrons. The molecular formula is C23H22N4O2S. The van der Waals surface area contributed by atoms with Gasteiger partial charge in [0.2, 0.25) is 5.91 Å². The van der Waals surface area contributed by atoms with Gasteiger partial charge in [-0.3, -0.25) is 4.79 Å². The van der Waals surface area contributed by atoms with E-state index in [1.165, 1.54) is 11.3 Å². The van der Waals surface area contributed by atoms with Crippen LogP contribution >= 0.6 is 11.3 Å². The minimum absolute atomic E-state index is 0.0698. The Kier molecular flexibility index (Phi) is 5.90. The highest BCUT2D eigenvalue weighted by Gasteiger charge is 2.12. The minimum Gasteiger partial charge on any atom is -0.496 e. The largest absolute Gasteiger partial charge is 0.496 e. The van der Waals surface area contributed by atoms with Gasteiger partial charge < -0.3 is 10.1 Å². The number of anilines is 1. The Hall–Kier alpha value is -3.45. The number of nitrogens with zero attached hydrogens (tertiary/aromatic N) is 3. The van der Waals surface area contributed by atoms with Crippen LogP contribution in [0.15, 0.2) is 66.3 Å². The summed E-state index contributed by atoms with van der Waals surface area (Å²) in [4.78, 5) is 16.9. The lowest BCUT2D eigenvalue weighted by atomic mass is 10.1. The second-order valence-electron chi connectivity index (χ2n) is 6.92. The topological polar surface area (TPSA) is 69.0 Å². The Morgan fingerprint density at radius 3 is 2.83 bits per heavy atom. The third-order valence-electron chi connectivity index (χ3n) is 4.68. The highest BCUT2D eigenvalue weighted by molar-refractivity contribution is 7.14. The molecule has 0 aliphatic rings. The van der Waals surface area contributed by atoms with Gasteiger partial charge in [0.25, 0.3) is 0 Å². The van der Waals surface area contributed by atoms with Gasteiger partial charge in [0.15, 0.2) is 5.13 Å². The van der Waals surface area contributed by atoms with Crippen LogP contribution in [0.3, 0.4) is 0 Å². The van der Waals surface area contributed by atoms with Crippen molar-refractivity contribution < 1.29 is 9.53 Å². The summed E-state index contributed by atoms with van der Waals surface area (Å²) in [5.74, 6) is 0.693. The molecule has 1 N–H and O–H groups in total. The number of thiazole rings is 1. The molecule has 7 heteroatoms. The van der Waals surface area contributed by atoms with Crippen LogP contribution in [0.2, 0.25) is 0 Å². The highest BCUT2D eigenvalue weighted by atomic mass is 32.1. The number of amides is 1. The molecule has 0 radical (unpaired) electrons. The number of hydrogen-bond acceptors (Lipinski definition) is 5. The lowest BCUT2D eigenvalue weighted by Crippen LogP contribution is -2.12. The molecule has 4 rings (SSSR count). The molecule has 4 aromatic rings. The highest BCUT2D eigenvalue weighted by Crippen LogP contribution is 2.33. The summed E-state index contributed by atoms with van der Waals surface area (Å²) in [7, 11) is 1.64. The number of methoxy groups -OCH3 is 1. The number of carbonyl (C=O) groups excluding carboxylic acids is 1. The fraction of sp³-hybridized carbons (Fsp3) is 0.174. The van der Waals surface area contributed by atoms with Gasteiger partial charge in [-0.15, -0.1) is 11.3 Å². The molecule has 0 fully saturated rings. The molecule has 0 aliphatic carbocycles. The van der Waals surface area contributed by atoms with Crippen LogP contribution < -0.4 is 10.1 Å². The Morgan fingerprint density at radius 1 is 1.20 bits per heavy atom. The molecule has 0 unspecified atom stereocenters. The molecule has 0 saturated heterocycles. The number of hydrogen-bond donors (Lipinski definition) is 1. The molecular weight excluding hydrogens is 396 g/mol. The number of rotatable bonds is 7. The van der Waals surface area contributed by atoms with Gasteiger partial charge in [-0.05, 0) is 43.2 Å². The normalized spacial score (nSPS) is 10.7. The third-order valence-corrected chi connectivity index (χ3v) is 5.44. The van der Waals surface area contributed by atoms with Crippen LogP contribution in [0.25, 0.3) is 16.9 Å². The molecule has 2 aromatic carbocycles. The molecule has 0 bridgehead atoms. The first-order chi connectivity index (χ1) is 14.6. The quantitative estimate of drug-likeness (QED) is 0.464. The summed E-state index contributed by atoms with van der Waals surface area (Å²) in [5, 5.41) is 9.77. The van der Waals surface area contributed by atoms with E-state index in [-0.39, 0.29) is 5.91 Å². The van der Waals surface area contributed by atoms with Gasteiger partial charge in [0.05, 0.1) is 24.7 Å². The number of nitrogens with one attached hydrogen (secondary N) is 1. The first-order valence-corrected chi connectivity index (χ1v) is 10.5. The first kappa shape index (κ1) is 19.8. The van der Waals surface area contributed by atoms with Gasteiger partial charge in [0, 0.05) is 23.6 Å². The maximum Gasteiger partial charge on any atom is 0.226 e. The van der Waals surface area contributed by atoms with E-state index < -0.39 is 0 Å². The predicted molar refractivity (Wildman–Crippen MR) is 119 cm³/mol. The fourth-order valence-electron chi connectivity index (χ4n) is 3.13. The lowest BCUT2D eigenvalue weighted by Gasteiger charge is -2.07. The summed E-state index contributed by atoms with van der Waals surface area (Å²) in [5.41, 5.74) is 4.84. The molecule has 0 spiro atoms. The van der Waals surface area contributed by atoms with E-state index in [9.17, 15) is 4.79 Å². The molecule has 30 heavy (non-hydrogen) atoms. The molecule has 2 aromatic heterocycles. The summed E-state index contributed by atoms with van der Waals surface area (Å²) in [6.07, 6.45) is 4.73. The number of benzene rings is 2. The smallest absolute Gasteiger partial charge is 0.226 e. The number of para-hydroxylation sites is 1. The standard InChI is InChI=1S/C23H22N4O2S/c1-16-8-10-21(29-2)19(12-16)20-15-30-23(25-20)26-22(28)11-9-17-13-24-27(14-17)18-6-4-3-5-7-18/h3-8,10,12-15H,9,11H2,1-2H3,(H,25,26,28). The van der Waals surface area contributed by atoms with Crippen molar-refractivity contribution >= 4 is 22.4 Å². The van der Waals surface area contributed by atoms with Crippen LogP contribution in [0.4, 0.5) is 5.13 Å². The Bertz CT molecular complexity index is 1150. The Balaban J connectivity index is 1.37. The molecule has 0 saturated carbocycles. The monoisotopic (exact) mass is 418 g/mol. The van der Waals surface area contributed by atoms with Crippen LogP contribution in [-0.4, -0.2) is 27.8 Å². The van der Waals surface area contributed by atoms with Crippen molar-refractivity contribution in [2.45, 2.75) is 19.8 Å². The van der Waals surface area contributed by atoms with E-state index in [0.29, 0.717) is 18.0 Å². The Labute approximate surface area is 179 Å². The third kappa shape index (κ3) is 4.58. The van der Waals surface area contributed by atoms with E-state index >= 15 is 0 Å². The van der Waals surface area contributed by atoms with Crippen molar-refractivity contribution in [1.29, 1.82) is 0 Å². The van der Waals surface area contributed by atoms with Crippen LogP contribution in [-0.2, 0) is 11.2 Å². The average molecular weight is 419 g/mol. The van der Waals surface area contributed by atoms with Gasteiger partial charge in [0.1, 0.15) is 5.75 Å². The van der Waals surface area contributed by atoms with Gasteiger partial charge in [-0.1, -0.05) is 29.8 Å². The second-order valence-corrected chi connectivity index (χ2v) is 7.78. The molecule has 0 aliphatic heterocycles. The van der Waals surface area contributed by atoms with E-state index in [0.717, 1.165) is 33.8 Å². The summed E-state index contributed by atoms with van der Waals surface area (Å²) >= 11 is 1.41. The zero-order valence-corrected chi connectivity index (χ0v) is 17.6. The zero-order valence-electron chi connectivity index (χ0n) is 16.8. The molecule has 0 atom stereocenters. The molecule has 1 amide bonds. The average Bonchev–Trinajstić information content (AvgIpc) is 3.43. The van der Waals surface area contributed by atoms with Crippen molar-refractivity contribution in [3.63, 3.8) is 0 Å². The zero-order chi connectivity index (χ0) is 20.9. The number of carbonyl (C=O) groups is 1. The van der Waals surface area contributed by atoms with Crippen LogP contribution in [0.1, 0.15) is 17.5 Å². The molecule has 6 nitrogen and oxygen atoms in total. The summed E-state index contributed by atoms with van der Waals surface area (Å²) < 4.78 is 7.25. The lowest BCUT2D eigenvalue weighted by molar-refractivity contribution is -0.116. The van der Waals surface area contributed by atoms with E-state index in [1.807, 2.05) is 71.7 Å². The van der Waals surface area contributed by atoms with Crippen LogP contribution in [0, 0.1) is 6.92 Å². The maximum absolute atomic E-state index is 12.4. The van der Waals surface area contributed by atoms with E-state index in [2.05, 4.69) is 15.4 Å².